The molecule has 3 aliphatic rings. The lowest BCUT2D eigenvalue weighted by Gasteiger charge is -2.15. The van der Waals surface area contributed by atoms with E-state index < -0.39 is 23.7 Å². The third-order valence-electron chi connectivity index (χ3n) is 8.53. The Balaban J connectivity index is 1.23. The summed E-state index contributed by atoms with van der Waals surface area (Å²) < 4.78 is 49.3. The largest absolute Gasteiger partial charge is 0.480 e. The van der Waals surface area contributed by atoms with Gasteiger partial charge in [-0.1, -0.05) is 35.6 Å². The highest BCUT2D eigenvalue weighted by Gasteiger charge is 2.37. The number of nitrogens with zero attached hydrogens (tertiary/aromatic N) is 10. The summed E-state index contributed by atoms with van der Waals surface area (Å²) in [6.45, 7) is 0. The number of ether oxygens (including phenoxy) is 1. The molecule has 12 nitrogen and oxygen atoms in total. The van der Waals surface area contributed by atoms with Crippen molar-refractivity contribution in [1.82, 2.24) is 44.5 Å². The van der Waals surface area contributed by atoms with Crippen molar-refractivity contribution in [2.75, 3.05) is 7.11 Å². The van der Waals surface area contributed by atoms with Crippen molar-refractivity contribution < 1.29 is 22.7 Å². The van der Waals surface area contributed by atoms with E-state index in [2.05, 4.69) is 30.3 Å². The number of halogens is 3. The Hall–Kier alpha value is -5.34. The fraction of sp³-hybridized carbons (Fsp3) is 0.344. The van der Waals surface area contributed by atoms with Crippen LogP contribution < -0.4 is 15.4 Å². The molecular weight excluding hydrogens is 613 g/mol. The summed E-state index contributed by atoms with van der Waals surface area (Å²) in [6, 6.07) is 7.24. The van der Waals surface area contributed by atoms with Gasteiger partial charge in [0, 0.05) is 48.6 Å². The molecule has 238 valence electrons. The van der Waals surface area contributed by atoms with Crippen LogP contribution in [0.1, 0.15) is 71.9 Å². The molecule has 8 rings (SSSR count). The predicted molar refractivity (Wildman–Crippen MR) is 159 cm³/mol. The minimum absolute atomic E-state index is 0.0166. The summed E-state index contributed by atoms with van der Waals surface area (Å²) in [7, 11) is 3.23. The molecule has 5 aromatic rings. The van der Waals surface area contributed by atoms with Crippen molar-refractivity contribution in [1.29, 1.82) is 0 Å². The molecule has 0 spiro atoms. The molecule has 0 saturated heterocycles. The molecule has 15 heteroatoms. The number of amides is 1. The van der Waals surface area contributed by atoms with Crippen LogP contribution in [0.25, 0.3) is 28.9 Å². The molecule has 1 amide bonds. The highest BCUT2D eigenvalue weighted by atomic mass is 19.4. The van der Waals surface area contributed by atoms with Crippen molar-refractivity contribution in [3.05, 3.63) is 82.0 Å². The van der Waals surface area contributed by atoms with E-state index in [4.69, 9.17) is 14.7 Å². The van der Waals surface area contributed by atoms with Crippen LogP contribution in [0.2, 0.25) is 0 Å². The number of aryl methyl sites for hydroxylation is 1. The Bertz CT molecular complexity index is 2170. The van der Waals surface area contributed by atoms with Crippen LogP contribution in [0.3, 0.4) is 0 Å². The number of benzene rings is 1. The predicted octanol–water partition coefficient (Wildman–Crippen LogP) is 3.48. The van der Waals surface area contributed by atoms with Gasteiger partial charge in [-0.05, 0) is 31.2 Å². The van der Waals surface area contributed by atoms with Gasteiger partial charge >= 0.3 is 6.18 Å². The van der Waals surface area contributed by atoms with Gasteiger partial charge in [0.2, 0.25) is 5.88 Å². The van der Waals surface area contributed by atoms with E-state index in [1.54, 1.807) is 36.0 Å². The fourth-order valence-corrected chi connectivity index (χ4v) is 5.89. The quantitative estimate of drug-likeness (QED) is 0.250. The maximum atomic E-state index is 13.5. The smallest absolute Gasteiger partial charge is 0.434 e. The van der Waals surface area contributed by atoms with E-state index >= 15 is 0 Å². The Morgan fingerprint density at radius 2 is 1.79 bits per heavy atom. The number of carbonyl (C=O) groups excluding carboxylic acids is 1. The lowest BCUT2D eigenvalue weighted by molar-refractivity contribution is -0.140. The second kappa shape index (κ2) is 10.9. The first-order valence-electron chi connectivity index (χ1n) is 15.2. The van der Waals surface area contributed by atoms with Gasteiger partial charge in [-0.2, -0.15) is 18.2 Å². The topological polar surface area (TPSA) is 139 Å². The molecule has 2 fully saturated rings. The molecular formula is C32H27F3N10O2. The van der Waals surface area contributed by atoms with Gasteiger partial charge in [0.25, 0.3) is 5.91 Å². The minimum atomic E-state index is -4.53. The molecule has 47 heavy (non-hydrogen) atoms. The van der Waals surface area contributed by atoms with Gasteiger partial charge in [-0.3, -0.25) is 9.48 Å². The summed E-state index contributed by atoms with van der Waals surface area (Å²) in [4.78, 5) is 40.1. The zero-order valence-corrected chi connectivity index (χ0v) is 25.3. The molecule has 0 bridgehead atoms. The molecule has 4 aromatic heterocycles. The van der Waals surface area contributed by atoms with Gasteiger partial charge in [-0.25, -0.2) is 24.9 Å². The third kappa shape index (κ3) is 5.44. The number of methoxy groups -OCH3 is 1. The van der Waals surface area contributed by atoms with Crippen LogP contribution in [0.5, 0.6) is 5.88 Å². The number of rotatable bonds is 8. The number of aromatic nitrogens is 9. The average Bonchev–Trinajstić information content (AvgIpc) is 3.99. The standard InChI is InChI=1S/C32H27F3N10O2/c1-44-13-23(42-43-44)21-12-20-22(11-16-3-5-18(6-4-16)29-39-24(32(33,34)35)14-45(29)19-9-10-19)38-28(40-27(20)41-30(21)46)25-26(17-7-8-17)36-15-37-31(25)47-2/h3-6,12-15,17,19,21H,7-11H2,1-2H3. The molecule has 2 saturated carbocycles. The molecule has 1 atom stereocenters. The maximum absolute atomic E-state index is 13.5. The summed E-state index contributed by atoms with van der Waals surface area (Å²) >= 11 is 0. The van der Waals surface area contributed by atoms with Crippen molar-refractivity contribution in [3.63, 3.8) is 0 Å². The number of fused-ring (bicyclic) bond motifs is 1. The summed E-state index contributed by atoms with van der Waals surface area (Å²) in [5.41, 5.74) is 3.10. The lowest BCUT2D eigenvalue weighted by Crippen LogP contribution is -2.40. The second-order valence-electron chi connectivity index (χ2n) is 12.0. The van der Waals surface area contributed by atoms with E-state index in [-0.39, 0.29) is 23.3 Å². The van der Waals surface area contributed by atoms with E-state index in [1.165, 1.54) is 18.1 Å². The van der Waals surface area contributed by atoms with Crippen LogP contribution in [-0.2, 0) is 24.4 Å². The zero-order chi connectivity index (χ0) is 32.4. The lowest BCUT2D eigenvalue weighted by atomic mass is 9.99. The number of alkyl halides is 3. The summed E-state index contributed by atoms with van der Waals surface area (Å²) in [5.74, 6) is -0.0681. The molecule has 1 aliphatic heterocycles. The number of carbonyl (C=O) groups is 1. The molecule has 0 radical (unpaired) electrons. The maximum Gasteiger partial charge on any atom is 0.434 e. The van der Waals surface area contributed by atoms with Crippen molar-refractivity contribution in [3.8, 4) is 28.7 Å². The monoisotopic (exact) mass is 640 g/mol. The van der Waals surface area contributed by atoms with Crippen LogP contribution >= 0.6 is 0 Å². The van der Waals surface area contributed by atoms with E-state index in [0.717, 1.165) is 43.1 Å². The zero-order valence-electron chi connectivity index (χ0n) is 25.3. The van der Waals surface area contributed by atoms with Crippen LogP contribution in [0.4, 0.5) is 13.2 Å². The highest BCUT2D eigenvalue weighted by molar-refractivity contribution is 5.91. The number of hydrogen-bond donors (Lipinski definition) is 0. The first-order chi connectivity index (χ1) is 22.7. The molecule has 1 unspecified atom stereocenters. The van der Waals surface area contributed by atoms with Gasteiger partial charge in [-0.15, -0.1) is 5.10 Å². The first-order valence-corrected chi connectivity index (χ1v) is 15.2. The normalized spacial score (nSPS) is 17.6. The summed E-state index contributed by atoms with van der Waals surface area (Å²) in [5, 5.41) is 8.68. The Kier molecular flexibility index (Phi) is 6.74. The minimum Gasteiger partial charge on any atom is -0.480 e. The SMILES string of the molecule is COc1ncnc(C2CC2)c1-c1nc(Cc2ccc(-c3nc(C(F)(F)F)cn3C3CC3)cc2)c2c(n1)=NC(=O)C(c1cn(C)nn1)C=2. The Morgan fingerprint density at radius 3 is 2.45 bits per heavy atom. The van der Waals surface area contributed by atoms with Gasteiger partial charge in [0.1, 0.15) is 23.6 Å². The van der Waals surface area contributed by atoms with Crippen LogP contribution in [0, 0.1) is 0 Å². The van der Waals surface area contributed by atoms with Crippen LogP contribution in [0.15, 0.2) is 48.0 Å². The van der Waals surface area contributed by atoms with Gasteiger partial charge in [0.15, 0.2) is 17.0 Å². The summed E-state index contributed by atoms with van der Waals surface area (Å²) in [6.07, 6.45) is 5.33. The highest BCUT2D eigenvalue weighted by Crippen LogP contribution is 2.45. The van der Waals surface area contributed by atoms with Gasteiger partial charge < -0.3 is 9.30 Å². The van der Waals surface area contributed by atoms with Gasteiger partial charge in [0.05, 0.1) is 24.2 Å². The fourth-order valence-electron chi connectivity index (χ4n) is 5.89. The van der Waals surface area contributed by atoms with Crippen molar-refractivity contribution in [2.24, 2.45) is 12.0 Å². The number of hydrogen-bond acceptors (Lipinski definition) is 9. The molecule has 5 heterocycles. The van der Waals surface area contributed by atoms with E-state index in [1.807, 2.05) is 12.1 Å². The Morgan fingerprint density at radius 1 is 1.00 bits per heavy atom. The van der Waals surface area contributed by atoms with Crippen molar-refractivity contribution in [2.45, 2.75) is 56.2 Å². The Labute approximate surface area is 265 Å². The second-order valence-corrected chi connectivity index (χ2v) is 12.0. The van der Waals surface area contributed by atoms with E-state index in [0.29, 0.717) is 45.9 Å². The van der Waals surface area contributed by atoms with E-state index in [9.17, 15) is 18.0 Å². The first kappa shape index (κ1) is 29.1. The third-order valence-corrected chi connectivity index (χ3v) is 8.53. The van der Waals surface area contributed by atoms with Crippen molar-refractivity contribution >= 4 is 12.0 Å². The number of imidazole rings is 1. The van der Waals surface area contributed by atoms with Crippen LogP contribution in [-0.4, -0.2) is 57.5 Å². The molecule has 0 N–H and O–H groups in total. The average molecular weight is 641 g/mol. The molecule has 1 aromatic carbocycles. The molecule has 2 aliphatic carbocycles.